The summed E-state index contributed by atoms with van der Waals surface area (Å²) in [5, 5.41) is 10.8. The van der Waals surface area contributed by atoms with Gasteiger partial charge in [0.15, 0.2) is 11.5 Å². The van der Waals surface area contributed by atoms with Crippen LogP contribution in [-0.4, -0.2) is 19.0 Å². The van der Waals surface area contributed by atoms with E-state index in [-0.39, 0.29) is 6.79 Å². The van der Waals surface area contributed by atoms with Gasteiger partial charge in [0.25, 0.3) is 0 Å². The zero-order valence-electron chi connectivity index (χ0n) is 12.8. The fourth-order valence-corrected chi connectivity index (χ4v) is 3.73. The van der Waals surface area contributed by atoms with Gasteiger partial charge in [-0.1, -0.05) is 32.6 Å². The summed E-state index contributed by atoms with van der Waals surface area (Å²) in [5.74, 6) is 2.89. The number of benzene rings is 1. The molecular weight excluding hydrogens is 268 g/mol. The average Bonchev–Trinajstić information content (AvgIpc) is 3.01. The minimum atomic E-state index is -0.460. The minimum Gasteiger partial charge on any atom is -0.493 e. The van der Waals surface area contributed by atoms with Gasteiger partial charge in [-0.15, -0.1) is 0 Å². The second kappa shape index (κ2) is 6.14. The van der Waals surface area contributed by atoms with Crippen LogP contribution in [0.1, 0.15) is 50.7 Å². The van der Waals surface area contributed by atoms with Crippen LogP contribution >= 0.6 is 0 Å². The third kappa shape index (κ3) is 2.69. The molecule has 2 aliphatic rings. The van der Waals surface area contributed by atoms with E-state index < -0.39 is 6.10 Å². The highest BCUT2D eigenvalue weighted by Gasteiger charge is 2.32. The number of methoxy groups -OCH3 is 1. The number of hydrogen-bond acceptors (Lipinski definition) is 4. The lowest BCUT2D eigenvalue weighted by atomic mass is 9.73. The van der Waals surface area contributed by atoms with Crippen LogP contribution in [0.3, 0.4) is 0 Å². The number of fused-ring (bicyclic) bond motifs is 1. The summed E-state index contributed by atoms with van der Waals surface area (Å²) in [5.41, 5.74) is 0.876. The van der Waals surface area contributed by atoms with E-state index in [1.54, 1.807) is 7.11 Å². The smallest absolute Gasteiger partial charge is 0.231 e. The maximum absolute atomic E-state index is 10.8. The molecule has 0 aromatic heterocycles. The second-order valence-corrected chi connectivity index (χ2v) is 6.02. The summed E-state index contributed by atoms with van der Waals surface area (Å²) in [6, 6.07) is 3.79. The highest BCUT2D eigenvalue weighted by Crippen LogP contribution is 2.46. The van der Waals surface area contributed by atoms with Gasteiger partial charge in [0.2, 0.25) is 12.5 Å². The molecule has 21 heavy (non-hydrogen) atoms. The molecule has 3 rings (SSSR count). The van der Waals surface area contributed by atoms with Gasteiger partial charge in [-0.25, -0.2) is 0 Å². The fraction of sp³-hybridized carbons (Fsp3) is 0.647. The number of aliphatic hydroxyl groups excluding tert-OH is 1. The van der Waals surface area contributed by atoms with E-state index in [0.717, 1.165) is 18.4 Å². The van der Waals surface area contributed by atoms with E-state index in [1.807, 2.05) is 12.1 Å². The van der Waals surface area contributed by atoms with Gasteiger partial charge in [-0.2, -0.15) is 0 Å². The Morgan fingerprint density at radius 3 is 2.86 bits per heavy atom. The number of aliphatic hydroxyl groups is 1. The van der Waals surface area contributed by atoms with Crippen molar-refractivity contribution in [2.45, 2.75) is 45.1 Å². The molecule has 1 heterocycles. The van der Waals surface area contributed by atoms with Gasteiger partial charge in [-0.05, 0) is 36.0 Å². The Hall–Kier alpha value is -1.42. The van der Waals surface area contributed by atoms with Crippen molar-refractivity contribution >= 4 is 0 Å². The van der Waals surface area contributed by atoms with Gasteiger partial charge in [0, 0.05) is 0 Å². The molecule has 0 radical (unpaired) electrons. The summed E-state index contributed by atoms with van der Waals surface area (Å²) < 4.78 is 16.2. The van der Waals surface area contributed by atoms with Crippen molar-refractivity contribution in [3.63, 3.8) is 0 Å². The quantitative estimate of drug-likeness (QED) is 0.919. The summed E-state index contributed by atoms with van der Waals surface area (Å²) in [7, 11) is 1.61. The van der Waals surface area contributed by atoms with Crippen molar-refractivity contribution in [2.24, 2.45) is 11.8 Å². The first-order valence-electron chi connectivity index (χ1n) is 7.90. The third-order valence-electron chi connectivity index (χ3n) is 4.92. The zero-order chi connectivity index (χ0) is 14.8. The van der Waals surface area contributed by atoms with Gasteiger partial charge < -0.3 is 19.3 Å². The van der Waals surface area contributed by atoms with Crippen LogP contribution in [0.5, 0.6) is 17.2 Å². The molecule has 1 aromatic carbocycles. The summed E-state index contributed by atoms with van der Waals surface area (Å²) in [4.78, 5) is 0. The second-order valence-electron chi connectivity index (χ2n) is 6.02. The van der Waals surface area contributed by atoms with Gasteiger partial charge >= 0.3 is 0 Å². The van der Waals surface area contributed by atoms with Crippen molar-refractivity contribution in [1.82, 2.24) is 0 Å². The maximum atomic E-state index is 10.8. The molecule has 4 nitrogen and oxygen atoms in total. The SMILES string of the molecule is CCC1CCCCC1C(O)c1cc(OC)c2c(c1)OCO2. The van der Waals surface area contributed by atoms with E-state index in [9.17, 15) is 5.11 Å². The molecule has 1 saturated carbocycles. The minimum absolute atomic E-state index is 0.215. The van der Waals surface area contributed by atoms with Crippen LogP contribution in [0, 0.1) is 11.8 Å². The van der Waals surface area contributed by atoms with Crippen LogP contribution in [-0.2, 0) is 0 Å². The van der Waals surface area contributed by atoms with Crippen LogP contribution in [0.15, 0.2) is 12.1 Å². The van der Waals surface area contributed by atoms with E-state index in [1.165, 1.54) is 19.3 Å². The normalized spacial score (nSPS) is 25.7. The standard InChI is InChI=1S/C17H24O4/c1-3-11-6-4-5-7-13(11)16(18)12-8-14(19-2)17-15(9-12)20-10-21-17/h8-9,11,13,16,18H,3-7,10H2,1-2H3. The molecule has 1 aliphatic carbocycles. The average molecular weight is 292 g/mol. The topological polar surface area (TPSA) is 47.9 Å². The molecule has 0 amide bonds. The first kappa shape index (κ1) is 14.5. The van der Waals surface area contributed by atoms with Crippen molar-refractivity contribution in [3.8, 4) is 17.2 Å². The number of rotatable bonds is 4. The Labute approximate surface area is 126 Å². The van der Waals surface area contributed by atoms with Crippen molar-refractivity contribution in [3.05, 3.63) is 17.7 Å². The van der Waals surface area contributed by atoms with Crippen molar-refractivity contribution in [1.29, 1.82) is 0 Å². The Kier molecular flexibility index (Phi) is 4.24. The molecule has 3 unspecified atom stereocenters. The lowest BCUT2D eigenvalue weighted by Crippen LogP contribution is -2.25. The highest BCUT2D eigenvalue weighted by molar-refractivity contribution is 5.55. The predicted molar refractivity (Wildman–Crippen MR) is 79.8 cm³/mol. The summed E-state index contributed by atoms with van der Waals surface area (Å²) in [6.45, 7) is 2.43. The van der Waals surface area contributed by atoms with Crippen LogP contribution < -0.4 is 14.2 Å². The first-order chi connectivity index (χ1) is 10.2. The Balaban J connectivity index is 1.88. The summed E-state index contributed by atoms with van der Waals surface area (Å²) in [6.07, 6.45) is 5.48. The lowest BCUT2D eigenvalue weighted by Gasteiger charge is -2.34. The lowest BCUT2D eigenvalue weighted by molar-refractivity contribution is 0.0449. The Bertz CT molecular complexity index is 500. The molecule has 116 valence electrons. The van der Waals surface area contributed by atoms with Crippen LogP contribution in [0.2, 0.25) is 0 Å². The molecule has 3 atom stereocenters. The zero-order valence-corrected chi connectivity index (χ0v) is 12.8. The Morgan fingerprint density at radius 2 is 2.10 bits per heavy atom. The molecule has 1 N–H and O–H groups in total. The largest absolute Gasteiger partial charge is 0.493 e. The highest BCUT2D eigenvalue weighted by atomic mass is 16.7. The number of hydrogen-bond donors (Lipinski definition) is 1. The molecule has 0 saturated heterocycles. The molecule has 0 spiro atoms. The fourth-order valence-electron chi connectivity index (χ4n) is 3.73. The Morgan fingerprint density at radius 1 is 1.29 bits per heavy atom. The van der Waals surface area contributed by atoms with Gasteiger partial charge in [-0.3, -0.25) is 0 Å². The third-order valence-corrected chi connectivity index (χ3v) is 4.92. The molecule has 0 bridgehead atoms. The van der Waals surface area contributed by atoms with Crippen molar-refractivity contribution in [2.75, 3.05) is 13.9 Å². The molecule has 1 aliphatic heterocycles. The molecule has 1 fully saturated rings. The van der Waals surface area contributed by atoms with Crippen molar-refractivity contribution < 1.29 is 19.3 Å². The first-order valence-corrected chi connectivity index (χ1v) is 7.90. The summed E-state index contributed by atoms with van der Waals surface area (Å²) >= 11 is 0. The predicted octanol–water partition coefficient (Wildman–Crippen LogP) is 3.67. The monoisotopic (exact) mass is 292 g/mol. The van der Waals surface area contributed by atoms with E-state index in [2.05, 4.69) is 6.92 Å². The van der Waals surface area contributed by atoms with E-state index in [4.69, 9.17) is 14.2 Å². The van der Waals surface area contributed by atoms with E-state index in [0.29, 0.717) is 29.1 Å². The molecule has 1 aromatic rings. The van der Waals surface area contributed by atoms with Gasteiger partial charge in [0.1, 0.15) is 0 Å². The maximum Gasteiger partial charge on any atom is 0.231 e. The van der Waals surface area contributed by atoms with Crippen LogP contribution in [0.4, 0.5) is 0 Å². The molecular formula is C17H24O4. The van der Waals surface area contributed by atoms with Gasteiger partial charge in [0.05, 0.1) is 13.2 Å². The molecule has 4 heteroatoms. The van der Waals surface area contributed by atoms with Crippen LogP contribution in [0.25, 0.3) is 0 Å². The van der Waals surface area contributed by atoms with E-state index >= 15 is 0 Å². The number of ether oxygens (including phenoxy) is 3.